The van der Waals surface area contributed by atoms with Gasteiger partial charge in [-0.2, -0.15) is 5.10 Å². The molecule has 0 amide bonds. The third-order valence-electron chi connectivity index (χ3n) is 3.40. The van der Waals surface area contributed by atoms with Crippen molar-refractivity contribution >= 4 is 10.9 Å². The molecule has 0 fully saturated rings. The average Bonchev–Trinajstić information content (AvgIpc) is 2.70. The normalized spacial score (nSPS) is 11.1. The van der Waals surface area contributed by atoms with Gasteiger partial charge in [-0.05, 0) is 13.0 Å². The van der Waals surface area contributed by atoms with Crippen molar-refractivity contribution in [2.24, 2.45) is 7.05 Å². The van der Waals surface area contributed by atoms with E-state index in [-0.39, 0.29) is 5.56 Å². The largest absolute Gasteiger partial charge is 0.336 e. The molecule has 0 atom stereocenters. The molecule has 0 unspecified atom stereocenters. The van der Waals surface area contributed by atoms with Gasteiger partial charge in [0.05, 0.1) is 11.1 Å². The van der Waals surface area contributed by atoms with Gasteiger partial charge < -0.3 is 5.84 Å². The molecule has 0 aliphatic heterocycles. The van der Waals surface area contributed by atoms with Crippen LogP contribution in [0.4, 0.5) is 0 Å². The van der Waals surface area contributed by atoms with Crippen LogP contribution >= 0.6 is 0 Å². The van der Waals surface area contributed by atoms with E-state index in [2.05, 4.69) is 5.10 Å². The number of hydrogen-bond acceptors (Lipinski definition) is 3. The summed E-state index contributed by atoms with van der Waals surface area (Å²) in [5, 5.41) is 4.92. The van der Waals surface area contributed by atoms with Crippen molar-refractivity contribution in [3.63, 3.8) is 0 Å². The van der Waals surface area contributed by atoms with E-state index in [1.54, 1.807) is 4.68 Å². The summed E-state index contributed by atoms with van der Waals surface area (Å²) in [7, 11) is 1.82. The van der Waals surface area contributed by atoms with E-state index >= 15 is 0 Å². The van der Waals surface area contributed by atoms with Crippen LogP contribution in [0.3, 0.4) is 0 Å². The number of rotatable bonds is 1. The lowest BCUT2D eigenvalue weighted by atomic mass is 10.1. The number of aromatic nitrogens is 3. The molecule has 0 saturated heterocycles. The summed E-state index contributed by atoms with van der Waals surface area (Å²) in [6, 6.07) is 11.4. The van der Waals surface area contributed by atoms with Gasteiger partial charge in [0, 0.05) is 18.3 Å². The SMILES string of the molecule is Cc1c2c(=O)n(N)c(-c3ccccc3)cc2nn1C. The minimum absolute atomic E-state index is 0.220. The molecule has 2 N–H and O–H groups in total. The van der Waals surface area contributed by atoms with Crippen LogP contribution in [0.15, 0.2) is 41.2 Å². The highest BCUT2D eigenvalue weighted by atomic mass is 16.1. The van der Waals surface area contributed by atoms with E-state index in [1.807, 2.05) is 50.4 Å². The van der Waals surface area contributed by atoms with Crippen LogP contribution in [0, 0.1) is 6.92 Å². The van der Waals surface area contributed by atoms with Crippen molar-refractivity contribution in [1.29, 1.82) is 0 Å². The minimum atomic E-state index is -0.220. The lowest BCUT2D eigenvalue weighted by molar-refractivity contribution is 0.751. The molecule has 5 nitrogen and oxygen atoms in total. The first kappa shape index (κ1) is 11.5. The van der Waals surface area contributed by atoms with E-state index in [0.29, 0.717) is 16.6 Å². The monoisotopic (exact) mass is 254 g/mol. The van der Waals surface area contributed by atoms with E-state index in [1.165, 1.54) is 4.68 Å². The van der Waals surface area contributed by atoms with Gasteiger partial charge in [-0.1, -0.05) is 30.3 Å². The number of nitrogen functional groups attached to an aromatic ring is 1. The molecule has 2 heterocycles. The zero-order chi connectivity index (χ0) is 13.6. The first-order chi connectivity index (χ1) is 9.09. The Labute approximate surface area is 109 Å². The molecule has 0 saturated carbocycles. The summed E-state index contributed by atoms with van der Waals surface area (Å²) in [4.78, 5) is 12.3. The first-order valence-electron chi connectivity index (χ1n) is 5.99. The third-order valence-corrected chi connectivity index (χ3v) is 3.40. The number of nitrogens with two attached hydrogens (primary N) is 1. The van der Waals surface area contributed by atoms with Crippen LogP contribution in [0.1, 0.15) is 5.69 Å². The van der Waals surface area contributed by atoms with Gasteiger partial charge in [0.1, 0.15) is 5.52 Å². The summed E-state index contributed by atoms with van der Waals surface area (Å²) in [5.74, 6) is 5.93. The molecule has 3 aromatic rings. The summed E-state index contributed by atoms with van der Waals surface area (Å²) in [6.45, 7) is 1.86. The minimum Gasteiger partial charge on any atom is -0.336 e. The maximum absolute atomic E-state index is 12.3. The van der Waals surface area contributed by atoms with Crippen LogP contribution < -0.4 is 11.4 Å². The second-order valence-electron chi connectivity index (χ2n) is 4.54. The molecule has 1 aromatic carbocycles. The van der Waals surface area contributed by atoms with E-state index < -0.39 is 0 Å². The lowest BCUT2D eigenvalue weighted by Gasteiger charge is -2.07. The molecular formula is C14H14N4O. The number of hydrogen-bond donors (Lipinski definition) is 1. The predicted molar refractivity (Wildman–Crippen MR) is 75.3 cm³/mol. The predicted octanol–water partition coefficient (Wildman–Crippen LogP) is 1.42. The summed E-state index contributed by atoms with van der Waals surface area (Å²) < 4.78 is 2.88. The molecule has 0 bridgehead atoms. The molecule has 0 spiro atoms. The van der Waals surface area contributed by atoms with Crippen molar-refractivity contribution in [3.8, 4) is 11.3 Å². The Balaban J connectivity index is 2.41. The highest BCUT2D eigenvalue weighted by Gasteiger charge is 2.14. The van der Waals surface area contributed by atoms with E-state index in [9.17, 15) is 4.79 Å². The van der Waals surface area contributed by atoms with Crippen molar-refractivity contribution in [1.82, 2.24) is 14.5 Å². The van der Waals surface area contributed by atoms with Crippen LogP contribution in [-0.4, -0.2) is 14.5 Å². The van der Waals surface area contributed by atoms with Crippen molar-refractivity contribution in [2.45, 2.75) is 6.92 Å². The van der Waals surface area contributed by atoms with Gasteiger partial charge in [0.15, 0.2) is 0 Å². The fraction of sp³-hybridized carbons (Fsp3) is 0.143. The summed E-state index contributed by atoms with van der Waals surface area (Å²) in [6.07, 6.45) is 0. The van der Waals surface area contributed by atoms with Crippen LogP contribution in [0.2, 0.25) is 0 Å². The fourth-order valence-electron chi connectivity index (χ4n) is 2.26. The fourth-order valence-corrected chi connectivity index (χ4v) is 2.26. The van der Waals surface area contributed by atoms with Gasteiger partial charge in [-0.3, -0.25) is 9.48 Å². The number of aryl methyl sites for hydroxylation is 2. The molecule has 3 rings (SSSR count). The number of nitrogens with zero attached hydrogens (tertiary/aromatic N) is 3. The Morgan fingerprint density at radius 3 is 2.58 bits per heavy atom. The Hall–Kier alpha value is -2.56. The molecule has 0 aliphatic carbocycles. The van der Waals surface area contributed by atoms with Crippen molar-refractivity contribution < 1.29 is 0 Å². The average molecular weight is 254 g/mol. The second-order valence-corrected chi connectivity index (χ2v) is 4.54. The maximum Gasteiger partial charge on any atom is 0.280 e. The number of fused-ring (bicyclic) bond motifs is 1. The smallest absolute Gasteiger partial charge is 0.280 e. The summed E-state index contributed by atoms with van der Waals surface area (Å²) in [5.41, 5.74) is 2.83. The van der Waals surface area contributed by atoms with Gasteiger partial charge >= 0.3 is 0 Å². The Morgan fingerprint density at radius 1 is 1.21 bits per heavy atom. The number of benzene rings is 1. The van der Waals surface area contributed by atoms with Gasteiger partial charge in [-0.25, -0.2) is 4.68 Å². The van der Waals surface area contributed by atoms with Crippen LogP contribution in [0.25, 0.3) is 22.2 Å². The second kappa shape index (κ2) is 3.98. The van der Waals surface area contributed by atoms with Crippen LogP contribution in [-0.2, 0) is 7.05 Å². The van der Waals surface area contributed by atoms with Crippen molar-refractivity contribution in [3.05, 3.63) is 52.4 Å². The Morgan fingerprint density at radius 2 is 1.89 bits per heavy atom. The maximum atomic E-state index is 12.3. The highest BCUT2D eigenvalue weighted by Crippen LogP contribution is 2.21. The molecule has 0 aliphatic rings. The summed E-state index contributed by atoms with van der Waals surface area (Å²) >= 11 is 0. The lowest BCUT2D eigenvalue weighted by Crippen LogP contribution is -2.28. The molecule has 96 valence electrons. The molecule has 2 aromatic heterocycles. The van der Waals surface area contributed by atoms with E-state index in [4.69, 9.17) is 5.84 Å². The Kier molecular flexibility index (Phi) is 2.41. The Bertz CT molecular complexity index is 815. The van der Waals surface area contributed by atoms with Crippen LogP contribution in [0.5, 0.6) is 0 Å². The molecular weight excluding hydrogens is 240 g/mol. The third kappa shape index (κ3) is 1.62. The van der Waals surface area contributed by atoms with Crippen molar-refractivity contribution in [2.75, 3.05) is 5.84 Å². The highest BCUT2D eigenvalue weighted by molar-refractivity contribution is 5.84. The zero-order valence-corrected chi connectivity index (χ0v) is 10.8. The number of pyridine rings is 1. The topological polar surface area (TPSA) is 65.8 Å². The molecule has 19 heavy (non-hydrogen) atoms. The van der Waals surface area contributed by atoms with E-state index in [0.717, 1.165) is 11.3 Å². The quantitative estimate of drug-likeness (QED) is 0.668. The zero-order valence-electron chi connectivity index (χ0n) is 10.8. The van der Waals surface area contributed by atoms with Gasteiger partial charge in [0.2, 0.25) is 0 Å². The first-order valence-corrected chi connectivity index (χ1v) is 5.99. The standard InChI is InChI=1S/C14H14N4O/c1-9-13-11(16-17(9)2)8-12(18(15)14(13)19)10-6-4-3-5-7-10/h3-8H,15H2,1-2H3. The molecule has 0 radical (unpaired) electrons. The van der Waals surface area contributed by atoms with Gasteiger partial charge in [0.25, 0.3) is 5.56 Å². The van der Waals surface area contributed by atoms with Gasteiger partial charge in [-0.15, -0.1) is 0 Å². The molecule has 5 heteroatoms.